The lowest BCUT2D eigenvalue weighted by Gasteiger charge is -2.22. The minimum absolute atomic E-state index is 0.210. The number of halogens is 1. The highest BCUT2D eigenvalue weighted by atomic mass is 32.2. The SMILES string of the molecule is CC(C(=O)c1ccc(F)cc1)S(=O)C(C)(C)C. The van der Waals surface area contributed by atoms with Crippen molar-refractivity contribution in [2.45, 2.75) is 37.7 Å². The number of carbonyl (C=O) groups is 1. The van der Waals surface area contributed by atoms with Crippen molar-refractivity contribution in [1.82, 2.24) is 0 Å². The predicted octanol–water partition coefficient (Wildman–Crippen LogP) is 2.94. The average Bonchev–Trinajstić information content (AvgIpc) is 2.26. The molecule has 0 aliphatic heterocycles. The molecule has 2 atom stereocenters. The molecule has 2 nitrogen and oxygen atoms in total. The number of Topliss-reactive ketones (excluding diaryl/α,β-unsaturated/α-hetero) is 1. The molecule has 0 radical (unpaired) electrons. The first kappa shape index (κ1) is 14.0. The van der Waals surface area contributed by atoms with Crippen molar-refractivity contribution in [2.75, 3.05) is 0 Å². The fourth-order valence-corrected chi connectivity index (χ4v) is 2.87. The van der Waals surface area contributed by atoms with Gasteiger partial charge in [-0.3, -0.25) is 9.00 Å². The van der Waals surface area contributed by atoms with Crippen LogP contribution in [0.3, 0.4) is 0 Å². The van der Waals surface area contributed by atoms with Gasteiger partial charge in [-0.1, -0.05) is 0 Å². The Morgan fingerprint density at radius 3 is 2.12 bits per heavy atom. The van der Waals surface area contributed by atoms with Crippen molar-refractivity contribution in [3.63, 3.8) is 0 Å². The fourth-order valence-electron chi connectivity index (χ4n) is 1.48. The van der Waals surface area contributed by atoms with Crippen LogP contribution >= 0.6 is 0 Å². The summed E-state index contributed by atoms with van der Waals surface area (Å²) in [6.45, 7) is 7.14. The smallest absolute Gasteiger partial charge is 0.178 e. The molecule has 0 saturated heterocycles. The van der Waals surface area contributed by atoms with Crippen molar-refractivity contribution < 1.29 is 13.4 Å². The Morgan fingerprint density at radius 2 is 1.71 bits per heavy atom. The van der Waals surface area contributed by atoms with E-state index < -0.39 is 20.8 Å². The first-order valence-electron chi connectivity index (χ1n) is 5.44. The topological polar surface area (TPSA) is 34.1 Å². The molecule has 17 heavy (non-hydrogen) atoms. The molecular weight excluding hydrogens is 239 g/mol. The summed E-state index contributed by atoms with van der Waals surface area (Å²) in [5, 5.41) is -0.583. The van der Waals surface area contributed by atoms with Gasteiger partial charge in [-0.25, -0.2) is 4.39 Å². The van der Waals surface area contributed by atoms with E-state index in [9.17, 15) is 13.4 Å². The molecule has 0 fully saturated rings. The Hall–Kier alpha value is -1.03. The summed E-state index contributed by atoms with van der Waals surface area (Å²) in [4.78, 5) is 12.0. The molecule has 94 valence electrons. The minimum atomic E-state index is -1.26. The van der Waals surface area contributed by atoms with Gasteiger partial charge in [0, 0.05) is 21.1 Å². The fraction of sp³-hybridized carbons (Fsp3) is 0.462. The lowest BCUT2D eigenvalue weighted by atomic mass is 10.1. The van der Waals surface area contributed by atoms with E-state index in [1.165, 1.54) is 24.3 Å². The van der Waals surface area contributed by atoms with Gasteiger partial charge in [0.05, 0.1) is 5.25 Å². The van der Waals surface area contributed by atoms with Crippen LogP contribution in [0.15, 0.2) is 24.3 Å². The van der Waals surface area contributed by atoms with Crippen molar-refractivity contribution in [3.8, 4) is 0 Å². The zero-order valence-electron chi connectivity index (χ0n) is 10.5. The summed E-state index contributed by atoms with van der Waals surface area (Å²) in [5.41, 5.74) is 0.400. The zero-order valence-corrected chi connectivity index (χ0v) is 11.3. The van der Waals surface area contributed by atoms with Gasteiger partial charge in [0.2, 0.25) is 0 Å². The van der Waals surface area contributed by atoms with Crippen LogP contribution in [0, 0.1) is 5.82 Å². The standard InChI is InChI=1S/C13H17FO2S/c1-9(17(16)13(2,3)4)12(15)10-5-7-11(14)8-6-10/h5-9H,1-4H3. The van der Waals surface area contributed by atoms with Crippen LogP contribution in [0.1, 0.15) is 38.1 Å². The molecule has 0 aliphatic rings. The highest BCUT2D eigenvalue weighted by Gasteiger charge is 2.30. The van der Waals surface area contributed by atoms with Crippen LogP contribution in [0.2, 0.25) is 0 Å². The Balaban J connectivity index is 2.91. The highest BCUT2D eigenvalue weighted by molar-refractivity contribution is 7.87. The maximum absolute atomic E-state index is 12.7. The van der Waals surface area contributed by atoms with E-state index >= 15 is 0 Å². The first-order valence-corrected chi connectivity index (χ1v) is 6.65. The van der Waals surface area contributed by atoms with E-state index in [4.69, 9.17) is 0 Å². The minimum Gasteiger partial charge on any atom is -0.293 e. The van der Waals surface area contributed by atoms with Gasteiger partial charge in [0.15, 0.2) is 5.78 Å². The van der Waals surface area contributed by atoms with Crippen LogP contribution in [0.5, 0.6) is 0 Å². The van der Waals surface area contributed by atoms with E-state index in [0.717, 1.165) is 0 Å². The molecule has 0 aromatic heterocycles. The van der Waals surface area contributed by atoms with Gasteiger partial charge >= 0.3 is 0 Å². The third kappa shape index (κ3) is 3.46. The number of hydrogen-bond acceptors (Lipinski definition) is 2. The van der Waals surface area contributed by atoms with Gasteiger partial charge < -0.3 is 0 Å². The van der Waals surface area contributed by atoms with Crippen LogP contribution < -0.4 is 0 Å². The van der Waals surface area contributed by atoms with Gasteiger partial charge in [-0.15, -0.1) is 0 Å². The van der Waals surface area contributed by atoms with Crippen LogP contribution in [-0.2, 0) is 10.8 Å². The first-order chi connectivity index (χ1) is 7.73. The second-order valence-corrected chi connectivity index (χ2v) is 7.45. The summed E-state index contributed by atoms with van der Waals surface area (Å²) in [7, 11) is -1.26. The van der Waals surface area contributed by atoms with Crippen molar-refractivity contribution in [3.05, 3.63) is 35.6 Å². The lowest BCUT2D eigenvalue weighted by molar-refractivity contribution is 0.0992. The van der Waals surface area contributed by atoms with Gasteiger partial charge in [-0.05, 0) is 52.0 Å². The monoisotopic (exact) mass is 256 g/mol. The number of hydrogen-bond donors (Lipinski definition) is 0. The number of rotatable bonds is 3. The van der Waals surface area contributed by atoms with Crippen LogP contribution in [0.25, 0.3) is 0 Å². The quantitative estimate of drug-likeness (QED) is 0.779. The zero-order chi connectivity index (χ0) is 13.2. The number of ketones is 1. The molecule has 0 heterocycles. The second-order valence-electron chi connectivity index (χ2n) is 4.92. The molecule has 0 aliphatic carbocycles. The summed E-state index contributed by atoms with van der Waals surface area (Å²) >= 11 is 0. The summed E-state index contributed by atoms with van der Waals surface area (Å²) in [5.74, 6) is -0.593. The second kappa shape index (κ2) is 5.08. The third-order valence-electron chi connectivity index (χ3n) is 2.42. The van der Waals surface area contributed by atoms with E-state index in [2.05, 4.69) is 0 Å². The Labute approximate surface area is 104 Å². The Morgan fingerprint density at radius 1 is 1.24 bits per heavy atom. The molecule has 1 aromatic rings. The maximum atomic E-state index is 12.7. The lowest BCUT2D eigenvalue weighted by Crippen LogP contribution is -2.34. The largest absolute Gasteiger partial charge is 0.293 e. The molecule has 1 rings (SSSR count). The van der Waals surface area contributed by atoms with Gasteiger partial charge in [0.1, 0.15) is 5.82 Å². The molecular formula is C13H17FO2S. The Kier molecular flexibility index (Phi) is 4.20. The van der Waals surface area contributed by atoms with Crippen molar-refractivity contribution in [2.24, 2.45) is 0 Å². The molecule has 0 saturated carbocycles. The summed E-state index contributed by atoms with van der Waals surface area (Å²) in [6, 6.07) is 5.32. The number of carbonyl (C=O) groups excluding carboxylic acids is 1. The number of benzene rings is 1. The van der Waals surface area contributed by atoms with E-state index in [1.807, 2.05) is 20.8 Å². The molecule has 0 N–H and O–H groups in total. The predicted molar refractivity (Wildman–Crippen MR) is 68.1 cm³/mol. The average molecular weight is 256 g/mol. The molecule has 4 heteroatoms. The van der Waals surface area contributed by atoms with E-state index in [-0.39, 0.29) is 11.6 Å². The van der Waals surface area contributed by atoms with Crippen LogP contribution in [0.4, 0.5) is 4.39 Å². The molecule has 2 unspecified atom stereocenters. The third-order valence-corrected chi connectivity index (χ3v) is 4.49. The molecule has 1 aromatic carbocycles. The normalized spacial score (nSPS) is 15.4. The van der Waals surface area contributed by atoms with Gasteiger partial charge in [-0.2, -0.15) is 0 Å². The van der Waals surface area contributed by atoms with Crippen LogP contribution in [-0.4, -0.2) is 20.0 Å². The Bertz CT molecular complexity index is 432. The maximum Gasteiger partial charge on any atom is 0.178 e. The molecule has 0 amide bonds. The van der Waals surface area contributed by atoms with Gasteiger partial charge in [0.25, 0.3) is 0 Å². The van der Waals surface area contributed by atoms with E-state index in [1.54, 1.807) is 6.92 Å². The highest BCUT2D eigenvalue weighted by Crippen LogP contribution is 2.19. The van der Waals surface area contributed by atoms with Crippen molar-refractivity contribution >= 4 is 16.6 Å². The summed E-state index contributed by atoms with van der Waals surface area (Å²) < 4.78 is 24.4. The van der Waals surface area contributed by atoms with E-state index in [0.29, 0.717) is 5.56 Å². The molecule has 0 bridgehead atoms. The van der Waals surface area contributed by atoms with Crippen molar-refractivity contribution in [1.29, 1.82) is 0 Å². The molecule has 0 spiro atoms. The summed E-state index contributed by atoms with van der Waals surface area (Å²) in [6.07, 6.45) is 0.